The molecule has 7 heteroatoms. The molecule has 0 bridgehead atoms. The van der Waals surface area contributed by atoms with Gasteiger partial charge in [0.25, 0.3) is 5.91 Å². The number of carbonyl (C=O) groups is 1. The zero-order valence-electron chi connectivity index (χ0n) is 23.9. The fourth-order valence-corrected chi connectivity index (χ4v) is 6.27. The Bertz CT molecular complexity index is 1590. The Hall–Kier alpha value is -3.29. The lowest BCUT2D eigenvalue weighted by atomic mass is 9.87. The Balaban J connectivity index is 1.38. The molecule has 1 fully saturated rings. The van der Waals surface area contributed by atoms with E-state index in [1.54, 1.807) is 0 Å². The lowest BCUT2D eigenvalue weighted by molar-refractivity contribution is -0.115. The molecule has 0 saturated carbocycles. The van der Waals surface area contributed by atoms with E-state index in [-0.39, 0.29) is 5.91 Å². The number of hydrogen-bond acceptors (Lipinski definition) is 6. The SMILES string of the molecule is CC(C)=CCOc1c(C)c(C)c2c(c1C)CCC(C)(COc1ccc(C=C3SC(=S)NC3=O)c3ccccc13)O2. The van der Waals surface area contributed by atoms with Gasteiger partial charge in [0.1, 0.15) is 40.4 Å². The van der Waals surface area contributed by atoms with E-state index < -0.39 is 5.60 Å². The van der Waals surface area contributed by atoms with Gasteiger partial charge in [0.2, 0.25) is 0 Å². The lowest BCUT2D eigenvalue weighted by Crippen LogP contribution is -2.42. The smallest absolute Gasteiger partial charge is 0.263 e. The second-order valence-corrected chi connectivity index (χ2v) is 12.7. The zero-order valence-corrected chi connectivity index (χ0v) is 25.5. The van der Waals surface area contributed by atoms with Gasteiger partial charge in [0.15, 0.2) is 0 Å². The van der Waals surface area contributed by atoms with Crippen LogP contribution in [-0.2, 0) is 11.2 Å². The van der Waals surface area contributed by atoms with Gasteiger partial charge in [-0.25, -0.2) is 0 Å². The van der Waals surface area contributed by atoms with Crippen molar-refractivity contribution in [2.75, 3.05) is 13.2 Å². The fraction of sp³-hybridized carbons (Fsp3) is 0.333. The van der Waals surface area contributed by atoms with Crippen molar-refractivity contribution in [2.45, 2.75) is 60.0 Å². The summed E-state index contributed by atoms with van der Waals surface area (Å²) in [7, 11) is 0. The second kappa shape index (κ2) is 11.3. The summed E-state index contributed by atoms with van der Waals surface area (Å²) in [4.78, 5) is 12.8. The first kappa shape index (κ1) is 28.2. The third-order valence-corrected chi connectivity index (χ3v) is 8.82. The Kier molecular flexibility index (Phi) is 7.98. The van der Waals surface area contributed by atoms with Crippen LogP contribution in [0, 0.1) is 20.8 Å². The molecule has 0 aliphatic carbocycles. The molecule has 0 radical (unpaired) electrons. The molecule has 1 N–H and O–H groups in total. The summed E-state index contributed by atoms with van der Waals surface area (Å²) in [5, 5.41) is 4.69. The fourth-order valence-electron chi connectivity index (χ4n) is 5.23. The van der Waals surface area contributed by atoms with Crippen LogP contribution in [0.1, 0.15) is 55.0 Å². The molecule has 0 aromatic heterocycles. The molecule has 3 aromatic carbocycles. The van der Waals surface area contributed by atoms with E-state index in [9.17, 15) is 4.79 Å². The van der Waals surface area contributed by atoms with E-state index in [0.717, 1.165) is 63.1 Å². The molecular weight excluding hydrogens is 539 g/mol. The Morgan fingerprint density at radius 2 is 1.82 bits per heavy atom. The van der Waals surface area contributed by atoms with Crippen molar-refractivity contribution in [3.63, 3.8) is 0 Å². The zero-order chi connectivity index (χ0) is 28.6. The molecule has 1 atom stereocenters. The molecule has 3 aromatic rings. The number of rotatable bonds is 7. The van der Waals surface area contributed by atoms with Crippen LogP contribution in [-0.4, -0.2) is 29.0 Å². The molecule has 208 valence electrons. The van der Waals surface area contributed by atoms with Gasteiger partial charge >= 0.3 is 0 Å². The van der Waals surface area contributed by atoms with Gasteiger partial charge in [-0.1, -0.05) is 59.9 Å². The largest absolute Gasteiger partial charge is 0.489 e. The van der Waals surface area contributed by atoms with Crippen LogP contribution in [0.15, 0.2) is 53.0 Å². The number of fused-ring (bicyclic) bond motifs is 2. The van der Waals surface area contributed by atoms with Gasteiger partial charge in [-0.3, -0.25) is 4.79 Å². The third kappa shape index (κ3) is 5.63. The first-order valence-corrected chi connectivity index (χ1v) is 14.8. The van der Waals surface area contributed by atoms with E-state index >= 15 is 0 Å². The molecular formula is C33H35NO4S2. The average molecular weight is 574 g/mol. The van der Waals surface area contributed by atoms with Crippen molar-refractivity contribution in [3.8, 4) is 17.2 Å². The highest BCUT2D eigenvalue weighted by atomic mass is 32.2. The summed E-state index contributed by atoms with van der Waals surface area (Å²) in [6.07, 6.45) is 5.73. The average Bonchev–Trinajstić information content (AvgIpc) is 3.24. The number of amides is 1. The normalized spacial score (nSPS) is 19.3. The predicted molar refractivity (Wildman–Crippen MR) is 169 cm³/mol. The van der Waals surface area contributed by atoms with E-state index in [1.165, 1.54) is 22.9 Å². The topological polar surface area (TPSA) is 56.8 Å². The maximum Gasteiger partial charge on any atom is 0.263 e. The number of hydrogen-bond donors (Lipinski definition) is 1. The first-order valence-electron chi connectivity index (χ1n) is 13.5. The summed E-state index contributed by atoms with van der Waals surface area (Å²) in [5.74, 6) is 2.56. The van der Waals surface area contributed by atoms with Crippen LogP contribution in [0.3, 0.4) is 0 Å². The van der Waals surface area contributed by atoms with Crippen molar-refractivity contribution in [1.29, 1.82) is 0 Å². The summed E-state index contributed by atoms with van der Waals surface area (Å²) in [6.45, 7) is 13.6. The minimum absolute atomic E-state index is 0.158. The van der Waals surface area contributed by atoms with Crippen LogP contribution >= 0.6 is 24.0 Å². The van der Waals surface area contributed by atoms with Gasteiger partial charge in [-0.15, -0.1) is 0 Å². The number of ether oxygens (including phenoxy) is 3. The Morgan fingerprint density at radius 1 is 1.07 bits per heavy atom. The number of allylic oxidation sites excluding steroid dienone is 1. The van der Waals surface area contributed by atoms with Crippen molar-refractivity contribution >= 4 is 51.1 Å². The maximum atomic E-state index is 12.2. The molecule has 5 nitrogen and oxygen atoms in total. The molecule has 0 spiro atoms. The van der Waals surface area contributed by atoms with E-state index in [2.05, 4.69) is 52.9 Å². The lowest BCUT2D eigenvalue weighted by Gasteiger charge is -2.38. The molecule has 40 heavy (non-hydrogen) atoms. The van der Waals surface area contributed by atoms with Gasteiger partial charge in [-0.2, -0.15) is 0 Å². The summed E-state index contributed by atoms with van der Waals surface area (Å²) in [6, 6.07) is 12.1. The van der Waals surface area contributed by atoms with E-state index in [1.807, 2.05) is 42.5 Å². The van der Waals surface area contributed by atoms with E-state index in [0.29, 0.717) is 22.4 Å². The van der Waals surface area contributed by atoms with E-state index in [4.69, 9.17) is 26.4 Å². The molecule has 1 amide bonds. The molecule has 5 rings (SSSR count). The first-order chi connectivity index (χ1) is 19.1. The number of nitrogens with one attached hydrogen (secondary N) is 1. The van der Waals surface area contributed by atoms with Gasteiger partial charge < -0.3 is 19.5 Å². The number of benzene rings is 3. The molecule has 1 saturated heterocycles. The maximum absolute atomic E-state index is 12.2. The van der Waals surface area contributed by atoms with Gasteiger partial charge in [-0.05, 0) is 100 Å². The minimum Gasteiger partial charge on any atom is -0.489 e. The quantitative estimate of drug-likeness (QED) is 0.177. The highest BCUT2D eigenvalue weighted by Crippen LogP contribution is 2.44. The van der Waals surface area contributed by atoms with Crippen molar-refractivity contribution in [3.05, 3.63) is 80.8 Å². The highest BCUT2D eigenvalue weighted by Gasteiger charge is 2.36. The monoisotopic (exact) mass is 573 g/mol. The van der Waals surface area contributed by atoms with Crippen molar-refractivity contribution < 1.29 is 19.0 Å². The summed E-state index contributed by atoms with van der Waals surface area (Å²) in [5.41, 5.74) is 6.34. The Morgan fingerprint density at radius 3 is 2.52 bits per heavy atom. The van der Waals surface area contributed by atoms with Crippen LogP contribution in [0.4, 0.5) is 0 Å². The number of carbonyl (C=O) groups excluding carboxylic acids is 1. The standard InChI is InChI=1S/C33H35NO4S2/c1-19(2)14-16-36-29-20(3)21(4)30-24(22(29)5)13-15-33(6,38-30)18-37-27-12-11-23(25-9-7-8-10-26(25)27)17-28-31(35)34-32(39)40-28/h7-12,14,17H,13,15-16,18H2,1-6H3,(H,34,35,39). The molecule has 2 aliphatic rings. The minimum atomic E-state index is -0.475. The van der Waals surface area contributed by atoms with Crippen LogP contribution in [0.2, 0.25) is 0 Å². The van der Waals surface area contributed by atoms with Gasteiger partial charge in [0.05, 0.1) is 4.91 Å². The van der Waals surface area contributed by atoms with Crippen LogP contribution < -0.4 is 19.5 Å². The summed E-state index contributed by atoms with van der Waals surface area (Å²) >= 11 is 6.43. The molecule has 2 heterocycles. The second-order valence-electron chi connectivity index (χ2n) is 11.0. The molecule has 2 aliphatic heterocycles. The van der Waals surface area contributed by atoms with Crippen molar-refractivity contribution in [2.24, 2.45) is 0 Å². The van der Waals surface area contributed by atoms with Gasteiger partial charge in [0, 0.05) is 10.9 Å². The van der Waals surface area contributed by atoms with Crippen molar-refractivity contribution in [1.82, 2.24) is 5.32 Å². The number of thiocarbonyl (C=S) groups is 1. The highest BCUT2D eigenvalue weighted by molar-refractivity contribution is 8.26. The predicted octanol–water partition coefficient (Wildman–Crippen LogP) is 7.76. The number of thioether (sulfide) groups is 1. The summed E-state index contributed by atoms with van der Waals surface area (Å²) < 4.78 is 19.9. The Labute approximate surface area is 246 Å². The van der Waals surface area contributed by atoms with Crippen LogP contribution in [0.5, 0.6) is 17.2 Å². The van der Waals surface area contributed by atoms with Crippen LogP contribution in [0.25, 0.3) is 16.8 Å². The third-order valence-electron chi connectivity index (χ3n) is 7.66. The molecule has 1 unspecified atom stereocenters.